The monoisotopic (exact) mass is 264 g/mol. The van der Waals surface area contributed by atoms with Crippen LogP contribution in [0.2, 0.25) is 0 Å². The van der Waals surface area contributed by atoms with Crippen LogP contribution in [-0.2, 0) is 0 Å². The Labute approximate surface area is 95.6 Å². The van der Waals surface area contributed by atoms with Gasteiger partial charge in [-0.05, 0) is 22.9 Å². The van der Waals surface area contributed by atoms with E-state index < -0.39 is 0 Å². The molecule has 0 spiro atoms. The van der Waals surface area contributed by atoms with Gasteiger partial charge < -0.3 is 0 Å². The molecule has 1 N–H and O–H groups in total. The normalized spacial score (nSPS) is 10.3. The van der Waals surface area contributed by atoms with E-state index in [9.17, 15) is 4.79 Å². The molecule has 0 unspecified atom stereocenters. The Balaban J connectivity index is 2.49. The summed E-state index contributed by atoms with van der Waals surface area (Å²) in [5, 5.41) is 6.76. The van der Waals surface area contributed by atoms with Crippen molar-refractivity contribution in [1.82, 2.24) is 10.2 Å². The third-order valence-corrected chi connectivity index (χ3v) is 2.98. The van der Waals surface area contributed by atoms with E-state index in [1.54, 1.807) is 0 Å². The summed E-state index contributed by atoms with van der Waals surface area (Å²) in [5.74, 6) is 0. The number of halogens is 1. The number of benzene rings is 1. The van der Waals surface area contributed by atoms with Crippen molar-refractivity contribution in [3.63, 3.8) is 0 Å². The summed E-state index contributed by atoms with van der Waals surface area (Å²) in [6.45, 7) is 2.03. The van der Waals surface area contributed by atoms with Crippen LogP contribution in [0.1, 0.15) is 16.1 Å². The SMILES string of the molecule is Cc1ccc(-c2n[nH]c(C=O)c2Br)cc1. The van der Waals surface area contributed by atoms with Crippen LogP contribution in [0.4, 0.5) is 0 Å². The van der Waals surface area contributed by atoms with Crippen LogP contribution in [0.25, 0.3) is 11.3 Å². The number of nitrogens with one attached hydrogen (secondary N) is 1. The van der Waals surface area contributed by atoms with Crippen LogP contribution in [0, 0.1) is 6.92 Å². The molecule has 1 aromatic heterocycles. The Hall–Kier alpha value is -1.42. The maximum Gasteiger partial charge on any atom is 0.169 e. The fraction of sp³-hybridized carbons (Fsp3) is 0.0909. The molecule has 2 rings (SSSR count). The molecule has 4 heteroatoms. The molecule has 0 saturated heterocycles. The minimum atomic E-state index is 0.463. The number of carbonyl (C=O) groups is 1. The van der Waals surface area contributed by atoms with Gasteiger partial charge >= 0.3 is 0 Å². The summed E-state index contributed by atoms with van der Waals surface area (Å²) in [6, 6.07) is 7.98. The lowest BCUT2D eigenvalue weighted by Gasteiger charge is -1.98. The van der Waals surface area contributed by atoms with E-state index in [-0.39, 0.29) is 0 Å². The largest absolute Gasteiger partial charge is 0.296 e. The number of aryl methyl sites for hydroxylation is 1. The van der Waals surface area contributed by atoms with Gasteiger partial charge in [0.2, 0.25) is 0 Å². The molecule has 15 heavy (non-hydrogen) atoms. The Bertz CT molecular complexity index is 488. The highest BCUT2D eigenvalue weighted by Crippen LogP contribution is 2.27. The molecule has 0 aliphatic carbocycles. The summed E-state index contributed by atoms with van der Waals surface area (Å²) in [5.41, 5.74) is 3.40. The Morgan fingerprint density at radius 3 is 2.53 bits per heavy atom. The van der Waals surface area contributed by atoms with Gasteiger partial charge in [-0.3, -0.25) is 9.89 Å². The van der Waals surface area contributed by atoms with Crippen molar-refractivity contribution < 1.29 is 4.79 Å². The predicted octanol–water partition coefficient (Wildman–Crippen LogP) is 2.96. The minimum absolute atomic E-state index is 0.463. The van der Waals surface area contributed by atoms with Gasteiger partial charge in [0.05, 0.1) is 4.47 Å². The molecule has 3 nitrogen and oxygen atoms in total. The summed E-state index contributed by atoms with van der Waals surface area (Å²) >= 11 is 3.34. The van der Waals surface area contributed by atoms with Crippen LogP contribution in [-0.4, -0.2) is 16.5 Å². The Morgan fingerprint density at radius 1 is 1.33 bits per heavy atom. The highest BCUT2D eigenvalue weighted by Gasteiger charge is 2.10. The first-order chi connectivity index (χ1) is 7.22. The molecular weight excluding hydrogens is 256 g/mol. The van der Waals surface area contributed by atoms with Gasteiger partial charge in [0.15, 0.2) is 6.29 Å². The van der Waals surface area contributed by atoms with Gasteiger partial charge in [0.25, 0.3) is 0 Å². The molecule has 0 aliphatic heterocycles. The van der Waals surface area contributed by atoms with Crippen LogP contribution < -0.4 is 0 Å². The first-order valence-electron chi connectivity index (χ1n) is 4.48. The van der Waals surface area contributed by atoms with Crippen LogP contribution in [0.15, 0.2) is 28.7 Å². The van der Waals surface area contributed by atoms with E-state index in [1.165, 1.54) is 5.56 Å². The molecule has 0 atom stereocenters. The number of hydrogen-bond donors (Lipinski definition) is 1. The molecule has 0 bridgehead atoms. The Kier molecular flexibility index (Phi) is 2.68. The summed E-state index contributed by atoms with van der Waals surface area (Å²) in [4.78, 5) is 10.6. The number of nitrogens with zero attached hydrogens (tertiary/aromatic N) is 1. The van der Waals surface area contributed by atoms with Gasteiger partial charge in [-0.15, -0.1) is 0 Å². The van der Waals surface area contributed by atoms with Crippen LogP contribution in [0.5, 0.6) is 0 Å². The fourth-order valence-corrected chi connectivity index (χ4v) is 1.82. The maximum absolute atomic E-state index is 10.6. The summed E-state index contributed by atoms with van der Waals surface area (Å²) in [6.07, 6.45) is 0.745. The second-order valence-corrected chi connectivity index (χ2v) is 4.08. The number of aromatic nitrogens is 2. The highest BCUT2D eigenvalue weighted by atomic mass is 79.9. The van der Waals surface area contributed by atoms with Crippen molar-refractivity contribution in [2.45, 2.75) is 6.92 Å². The molecule has 0 radical (unpaired) electrons. The molecule has 1 heterocycles. The number of rotatable bonds is 2. The van der Waals surface area contributed by atoms with Crippen molar-refractivity contribution in [3.8, 4) is 11.3 Å². The van der Waals surface area contributed by atoms with Crippen LogP contribution >= 0.6 is 15.9 Å². The smallest absolute Gasteiger partial charge is 0.169 e. The van der Waals surface area contributed by atoms with E-state index in [0.717, 1.165) is 17.5 Å². The second kappa shape index (κ2) is 3.98. The Morgan fingerprint density at radius 2 is 2.00 bits per heavy atom. The zero-order valence-electron chi connectivity index (χ0n) is 8.12. The van der Waals surface area contributed by atoms with E-state index in [1.807, 2.05) is 31.2 Å². The lowest BCUT2D eigenvalue weighted by molar-refractivity contribution is 0.111. The van der Waals surface area contributed by atoms with Gasteiger partial charge in [-0.2, -0.15) is 5.10 Å². The number of carbonyl (C=O) groups excluding carboxylic acids is 1. The second-order valence-electron chi connectivity index (χ2n) is 3.28. The molecular formula is C11H9BrN2O. The molecule has 0 fully saturated rings. The zero-order chi connectivity index (χ0) is 10.8. The summed E-state index contributed by atoms with van der Waals surface area (Å²) < 4.78 is 0.710. The molecule has 0 aliphatic rings. The maximum atomic E-state index is 10.6. The van der Waals surface area contributed by atoms with Gasteiger partial charge in [0, 0.05) is 5.56 Å². The van der Waals surface area contributed by atoms with Crippen molar-refractivity contribution in [2.24, 2.45) is 0 Å². The van der Waals surface area contributed by atoms with Gasteiger partial charge in [-0.1, -0.05) is 29.8 Å². The number of H-pyrrole nitrogens is 1. The van der Waals surface area contributed by atoms with Crippen molar-refractivity contribution >= 4 is 22.2 Å². The number of aldehydes is 1. The molecule has 0 amide bonds. The topological polar surface area (TPSA) is 45.8 Å². The summed E-state index contributed by atoms with van der Waals surface area (Å²) in [7, 11) is 0. The lowest BCUT2D eigenvalue weighted by Crippen LogP contribution is -1.80. The average molecular weight is 265 g/mol. The van der Waals surface area contributed by atoms with Crippen molar-refractivity contribution in [3.05, 3.63) is 40.0 Å². The molecule has 76 valence electrons. The first-order valence-corrected chi connectivity index (χ1v) is 5.27. The van der Waals surface area contributed by atoms with E-state index in [2.05, 4.69) is 26.1 Å². The van der Waals surface area contributed by atoms with E-state index >= 15 is 0 Å². The molecule has 1 aromatic carbocycles. The standard InChI is InChI=1S/C11H9BrN2O/c1-7-2-4-8(5-3-7)11-10(12)9(6-15)13-14-11/h2-6H,1H3,(H,13,14). The van der Waals surface area contributed by atoms with Gasteiger partial charge in [-0.25, -0.2) is 0 Å². The van der Waals surface area contributed by atoms with Gasteiger partial charge in [0.1, 0.15) is 11.4 Å². The third kappa shape index (κ3) is 1.85. The van der Waals surface area contributed by atoms with E-state index in [4.69, 9.17) is 0 Å². The fourth-order valence-electron chi connectivity index (χ4n) is 1.32. The average Bonchev–Trinajstić information content (AvgIpc) is 2.61. The number of hydrogen-bond acceptors (Lipinski definition) is 2. The van der Waals surface area contributed by atoms with Crippen molar-refractivity contribution in [2.75, 3.05) is 0 Å². The lowest BCUT2D eigenvalue weighted by atomic mass is 10.1. The van der Waals surface area contributed by atoms with Crippen LogP contribution in [0.3, 0.4) is 0 Å². The quantitative estimate of drug-likeness (QED) is 0.848. The predicted molar refractivity (Wildman–Crippen MR) is 61.8 cm³/mol. The third-order valence-electron chi connectivity index (χ3n) is 2.18. The van der Waals surface area contributed by atoms with Crippen molar-refractivity contribution in [1.29, 1.82) is 0 Å². The highest BCUT2D eigenvalue weighted by molar-refractivity contribution is 9.10. The number of aromatic amines is 1. The molecule has 0 saturated carbocycles. The minimum Gasteiger partial charge on any atom is -0.296 e. The molecule has 2 aromatic rings. The van der Waals surface area contributed by atoms with E-state index in [0.29, 0.717) is 10.2 Å². The first kappa shape index (κ1) is 10.1. The zero-order valence-corrected chi connectivity index (χ0v) is 9.71.